The average molecular weight is 437 g/mol. The summed E-state index contributed by atoms with van der Waals surface area (Å²) < 4.78 is 11.0. The molecule has 0 saturated heterocycles. The van der Waals surface area contributed by atoms with Gasteiger partial charge in [0.2, 0.25) is 0 Å². The molecule has 0 saturated carbocycles. The van der Waals surface area contributed by atoms with Crippen LogP contribution in [-0.2, 0) is 24.5 Å². The van der Waals surface area contributed by atoms with Crippen molar-refractivity contribution in [1.82, 2.24) is 0 Å². The Balaban J connectivity index is 0. The Labute approximate surface area is 171 Å². The van der Waals surface area contributed by atoms with E-state index >= 15 is 0 Å². The molecule has 2 nitrogen and oxygen atoms in total. The van der Waals surface area contributed by atoms with Gasteiger partial charge in [0.25, 0.3) is 0 Å². The zero-order chi connectivity index (χ0) is 17.6. The van der Waals surface area contributed by atoms with Crippen LogP contribution in [-0.4, -0.2) is 19.8 Å². The van der Waals surface area contributed by atoms with E-state index < -0.39 is 6.12 Å². The van der Waals surface area contributed by atoms with Gasteiger partial charge in [0.1, 0.15) is 6.12 Å². The molecule has 129 valence electrons. The molecule has 6 heteroatoms. The number of rotatable bonds is 4. The van der Waals surface area contributed by atoms with E-state index in [1.165, 1.54) is 0 Å². The number of hydrogen-bond acceptors (Lipinski definition) is 4. The van der Waals surface area contributed by atoms with Gasteiger partial charge >= 0.3 is 0 Å². The Hall–Kier alpha value is -0.194. The Bertz CT molecular complexity index is 453. The molecule has 0 aliphatic carbocycles. The van der Waals surface area contributed by atoms with Gasteiger partial charge < -0.3 is 33.5 Å². The minimum absolute atomic E-state index is 0. The predicted molar refractivity (Wildman–Crippen MR) is 113 cm³/mol. The summed E-state index contributed by atoms with van der Waals surface area (Å²) in [5.41, 5.74) is 0. The zero-order valence-corrected chi connectivity index (χ0v) is 19.5. The van der Waals surface area contributed by atoms with Crippen molar-refractivity contribution in [3.8, 4) is 11.5 Å². The molecule has 24 heavy (non-hydrogen) atoms. The minimum atomic E-state index is -2.72. The first kappa shape index (κ1) is 26.0. The first-order chi connectivity index (χ1) is 11.0. The van der Waals surface area contributed by atoms with Crippen molar-refractivity contribution in [3.05, 3.63) is 73.5 Å². The van der Waals surface area contributed by atoms with Gasteiger partial charge in [-0.1, -0.05) is 64.1 Å². The molecule has 0 aromatic heterocycles. The van der Waals surface area contributed by atoms with E-state index in [0.717, 1.165) is 0 Å². The predicted octanol–water partition coefficient (Wildman–Crippen LogP) is 6.00. The Morgan fingerprint density at radius 2 is 0.917 bits per heavy atom. The van der Waals surface area contributed by atoms with Gasteiger partial charge in [-0.3, -0.25) is 0 Å². The van der Waals surface area contributed by atoms with Crippen LogP contribution in [0.2, 0.25) is 0 Å². The summed E-state index contributed by atoms with van der Waals surface area (Å²) in [6.45, 7) is 8.00. The summed E-state index contributed by atoms with van der Waals surface area (Å²) in [6, 6.07) is 18.5. The molecule has 0 heterocycles. The molecular formula is C18H24GaO2PS2-. The van der Waals surface area contributed by atoms with Gasteiger partial charge in [0, 0.05) is 19.8 Å². The van der Waals surface area contributed by atoms with Crippen LogP contribution in [0.4, 0.5) is 0 Å². The molecule has 0 fully saturated rings. The molecule has 0 atom stereocenters. The Kier molecular flexibility index (Phi) is 17.7. The minimum Gasteiger partial charge on any atom is -0.496 e. The van der Waals surface area contributed by atoms with E-state index in [2.05, 4.69) is 0 Å². The summed E-state index contributed by atoms with van der Waals surface area (Å²) >= 11 is 10.4. The quantitative estimate of drug-likeness (QED) is 0.332. The second kappa shape index (κ2) is 16.3. The largest absolute Gasteiger partial charge is 0.496 e. The second-order valence-corrected chi connectivity index (χ2v) is 9.25. The van der Waals surface area contributed by atoms with Crippen molar-refractivity contribution in [2.75, 3.05) is 0 Å². The van der Waals surface area contributed by atoms with Gasteiger partial charge in [-0.05, 0) is 37.1 Å². The number of para-hydroxylation sites is 2. The number of benzene rings is 2. The normalized spacial score (nSPS) is 9.25. The van der Waals surface area contributed by atoms with E-state index in [4.69, 9.17) is 33.5 Å². The topological polar surface area (TPSA) is 18.5 Å². The fraction of sp³-hybridized carbons (Fsp3) is 0.222. The van der Waals surface area contributed by atoms with Gasteiger partial charge in [0.15, 0.2) is 11.5 Å². The first-order valence-corrected chi connectivity index (χ1v) is 10.9. The smallest absolute Gasteiger partial charge is 0.173 e. The fourth-order valence-electron chi connectivity index (χ4n) is 1.24. The van der Waals surface area contributed by atoms with Crippen molar-refractivity contribution in [3.63, 3.8) is 0 Å². The van der Waals surface area contributed by atoms with Crippen LogP contribution in [0.25, 0.3) is 0 Å². The maximum absolute atomic E-state index is 5.52. The van der Waals surface area contributed by atoms with Crippen molar-refractivity contribution in [1.29, 1.82) is 0 Å². The molecular weight excluding hydrogens is 413 g/mol. The molecule has 0 aliphatic rings. The number of hydrogen-bond donors (Lipinski definition) is 0. The van der Waals surface area contributed by atoms with E-state index in [-0.39, 0.29) is 19.8 Å². The SMILES string of the molecule is C[CH]C.C[CH]C.[Ga].[S-][P+]([S-])(Oc1ccccc1)Oc1ccccc1. The third-order valence-corrected chi connectivity index (χ3v) is 3.68. The van der Waals surface area contributed by atoms with Crippen LogP contribution in [0.15, 0.2) is 60.7 Å². The van der Waals surface area contributed by atoms with Crippen LogP contribution in [0.5, 0.6) is 11.5 Å². The van der Waals surface area contributed by atoms with E-state index in [9.17, 15) is 0 Å². The van der Waals surface area contributed by atoms with Crippen molar-refractivity contribution < 1.29 is 9.05 Å². The van der Waals surface area contributed by atoms with Crippen LogP contribution in [0.3, 0.4) is 0 Å². The molecule has 0 unspecified atom stereocenters. The van der Waals surface area contributed by atoms with E-state index in [1.807, 2.05) is 101 Å². The van der Waals surface area contributed by atoms with Gasteiger partial charge in [-0.2, -0.15) is 0 Å². The monoisotopic (exact) mass is 436 g/mol. The summed E-state index contributed by atoms with van der Waals surface area (Å²) in [7, 11) is 0. The van der Waals surface area contributed by atoms with Gasteiger partial charge in [0.05, 0.1) is 0 Å². The summed E-state index contributed by atoms with van der Waals surface area (Å²) in [6.07, 6.45) is 1.28. The Morgan fingerprint density at radius 3 is 1.17 bits per heavy atom. The molecule has 2 aromatic rings. The molecule has 5 radical (unpaired) electrons. The van der Waals surface area contributed by atoms with Crippen molar-refractivity contribution in [2.24, 2.45) is 0 Å². The van der Waals surface area contributed by atoms with E-state index in [1.54, 1.807) is 0 Å². The van der Waals surface area contributed by atoms with Crippen molar-refractivity contribution in [2.45, 2.75) is 27.7 Å². The first-order valence-electron chi connectivity index (χ1n) is 7.27. The van der Waals surface area contributed by atoms with Gasteiger partial charge in [-0.25, -0.2) is 0 Å². The average Bonchev–Trinajstić information content (AvgIpc) is 2.50. The summed E-state index contributed by atoms with van der Waals surface area (Å²) in [4.78, 5) is 0. The summed E-state index contributed by atoms with van der Waals surface area (Å²) in [5.74, 6) is 1.28. The summed E-state index contributed by atoms with van der Waals surface area (Å²) in [5, 5.41) is 0. The van der Waals surface area contributed by atoms with Gasteiger partial charge in [-0.15, -0.1) is 0 Å². The standard InChI is InChI=1S/C12H11O2PS2.2C3H7.Ga/c16-15(17,13-11-7-3-1-4-8-11)14-12-9-5-2-6-10-12;2*1-3-2;/h1-10H,(H,16,17);2*3H,1-2H3;/p-1. The molecule has 0 aliphatic heterocycles. The van der Waals surface area contributed by atoms with Crippen LogP contribution < -0.4 is 9.05 Å². The van der Waals surface area contributed by atoms with Crippen LogP contribution in [0, 0.1) is 12.8 Å². The van der Waals surface area contributed by atoms with E-state index in [0.29, 0.717) is 11.5 Å². The third-order valence-electron chi connectivity index (χ3n) is 1.92. The fourth-order valence-corrected chi connectivity index (χ4v) is 3.07. The maximum Gasteiger partial charge on any atom is 0.173 e. The molecule has 2 aromatic carbocycles. The molecule has 0 amide bonds. The second-order valence-electron chi connectivity index (χ2n) is 4.41. The van der Waals surface area contributed by atoms with Crippen molar-refractivity contribution >= 4 is 50.4 Å². The van der Waals surface area contributed by atoms with Crippen LogP contribution in [0.1, 0.15) is 27.7 Å². The third kappa shape index (κ3) is 14.2. The molecule has 0 N–H and O–H groups in total. The molecule has 0 spiro atoms. The zero-order valence-electron chi connectivity index (χ0n) is 14.6. The molecule has 0 bridgehead atoms. The Morgan fingerprint density at radius 1 is 0.667 bits per heavy atom. The maximum atomic E-state index is 5.52. The molecule has 2 rings (SSSR count). The van der Waals surface area contributed by atoms with Crippen LogP contribution >= 0.6 is 6.12 Å².